The van der Waals surface area contributed by atoms with E-state index in [1.165, 1.54) is 16.2 Å². The molecule has 1 N–H and O–H groups in total. The number of allylic oxidation sites excluding steroid dienone is 2. The third-order valence-electron chi connectivity index (χ3n) is 7.12. The molecule has 0 aliphatic heterocycles. The Balaban J connectivity index is 0.000000233. The second-order valence-corrected chi connectivity index (χ2v) is 10.5. The Morgan fingerprint density at radius 1 is 1.05 bits per heavy atom. The molecule has 5 rings (SSSR count). The Labute approximate surface area is 247 Å². The second-order valence-electron chi connectivity index (χ2n) is 9.53. The molecule has 39 heavy (non-hydrogen) atoms. The monoisotopic (exact) mass is 720 g/mol. The number of hydrogen-bond donors (Lipinski definition) is 1. The predicted molar refractivity (Wildman–Crippen MR) is 158 cm³/mol. The van der Waals surface area contributed by atoms with E-state index in [4.69, 9.17) is 4.42 Å². The number of pyridine rings is 2. The Hall–Kier alpha value is -2.86. The molecule has 0 aliphatic carbocycles. The van der Waals surface area contributed by atoms with Crippen molar-refractivity contribution in [2.45, 2.75) is 60.3 Å². The smallest absolute Gasteiger partial charge is 0.216 e. The van der Waals surface area contributed by atoms with Gasteiger partial charge in [0.1, 0.15) is 0 Å². The third kappa shape index (κ3) is 6.84. The molecule has 1 aromatic carbocycles. The van der Waals surface area contributed by atoms with Crippen LogP contribution in [0.5, 0.6) is 0 Å². The van der Waals surface area contributed by atoms with E-state index in [2.05, 4.69) is 39.6 Å². The first kappa shape index (κ1) is 30.7. The zero-order valence-electron chi connectivity index (χ0n) is 23.1. The van der Waals surface area contributed by atoms with E-state index in [9.17, 15) is 9.90 Å². The summed E-state index contributed by atoms with van der Waals surface area (Å²) in [5.74, 6) is 0.547. The summed E-state index contributed by atoms with van der Waals surface area (Å²) in [6.45, 7) is 10.0. The number of rotatable bonds is 8. The van der Waals surface area contributed by atoms with Gasteiger partial charge in [0.15, 0.2) is 5.78 Å². The SMILES string of the molecule is CCC(CC)C(=O)/C=C(\O)C(CC)CC.Cc1ccc2c(n1)oc1c(-c3cc4ccsc4cn3)[c-]ccc12.[Ir]. The van der Waals surface area contributed by atoms with Crippen molar-refractivity contribution >= 4 is 49.3 Å². The summed E-state index contributed by atoms with van der Waals surface area (Å²) < 4.78 is 7.22. The number of fused-ring (bicyclic) bond motifs is 4. The number of carbonyl (C=O) groups is 1. The first-order valence-electron chi connectivity index (χ1n) is 13.4. The number of furan rings is 1. The van der Waals surface area contributed by atoms with E-state index in [1.807, 2.05) is 59.0 Å². The van der Waals surface area contributed by atoms with Gasteiger partial charge in [-0.3, -0.25) is 4.79 Å². The predicted octanol–water partition coefficient (Wildman–Crippen LogP) is 9.23. The summed E-state index contributed by atoms with van der Waals surface area (Å²) in [5, 5.41) is 15.1. The van der Waals surface area contributed by atoms with Gasteiger partial charge >= 0.3 is 0 Å². The average molecular weight is 720 g/mol. The molecule has 0 amide bonds. The second kappa shape index (κ2) is 14.0. The van der Waals surface area contributed by atoms with Crippen molar-refractivity contribution in [3.8, 4) is 11.3 Å². The number of aromatic nitrogens is 2. The standard InChI is InChI=1S/C19H11N2OS.C13H24O2.Ir/c1-11-5-6-14-13-3-2-4-15(18(13)22-19(14)21-11)16-9-12-7-8-23-17(12)10-20-16;1-5-10(6-2)12(14)9-13(15)11(7-3)8-4;/h2-3,5-10H,1H3;9-11,14H,5-8H2,1-4H3;/q-1;;/b;12-9-;. The fourth-order valence-electron chi connectivity index (χ4n) is 4.69. The van der Waals surface area contributed by atoms with Crippen LogP contribution in [0.25, 0.3) is 43.4 Å². The maximum atomic E-state index is 11.7. The van der Waals surface area contributed by atoms with Crippen LogP contribution in [0.3, 0.4) is 0 Å². The Morgan fingerprint density at radius 2 is 1.77 bits per heavy atom. The van der Waals surface area contributed by atoms with Crippen LogP contribution < -0.4 is 0 Å². The van der Waals surface area contributed by atoms with Crippen molar-refractivity contribution in [2.24, 2.45) is 11.8 Å². The maximum absolute atomic E-state index is 11.7. The molecule has 0 saturated heterocycles. The molecule has 0 unspecified atom stereocenters. The summed E-state index contributed by atoms with van der Waals surface area (Å²) in [6.07, 6.45) is 6.82. The van der Waals surface area contributed by atoms with Crippen LogP contribution in [0, 0.1) is 24.8 Å². The maximum Gasteiger partial charge on any atom is 0.216 e. The van der Waals surface area contributed by atoms with Crippen molar-refractivity contribution in [3.63, 3.8) is 0 Å². The van der Waals surface area contributed by atoms with Crippen LogP contribution in [-0.4, -0.2) is 20.9 Å². The number of hydrogen-bond acceptors (Lipinski definition) is 6. The van der Waals surface area contributed by atoms with Gasteiger partial charge < -0.3 is 14.5 Å². The van der Waals surface area contributed by atoms with Gasteiger partial charge in [0.25, 0.3) is 0 Å². The van der Waals surface area contributed by atoms with E-state index < -0.39 is 0 Å². The summed E-state index contributed by atoms with van der Waals surface area (Å²) in [5.41, 5.74) is 4.16. The molecule has 0 bridgehead atoms. The normalized spacial score (nSPS) is 11.7. The van der Waals surface area contributed by atoms with Gasteiger partial charge in [-0.05, 0) is 67.3 Å². The average Bonchev–Trinajstić information content (AvgIpc) is 3.54. The molecule has 0 fully saturated rings. The van der Waals surface area contributed by atoms with E-state index in [0.29, 0.717) is 5.71 Å². The van der Waals surface area contributed by atoms with E-state index in [1.54, 1.807) is 11.3 Å². The number of nitrogens with zero attached hydrogens (tertiary/aromatic N) is 2. The van der Waals surface area contributed by atoms with E-state index >= 15 is 0 Å². The summed E-state index contributed by atoms with van der Waals surface area (Å²) in [4.78, 5) is 20.8. The molecule has 7 heteroatoms. The summed E-state index contributed by atoms with van der Waals surface area (Å²) >= 11 is 1.69. The molecule has 0 saturated carbocycles. The van der Waals surface area contributed by atoms with E-state index in [-0.39, 0.29) is 43.5 Å². The Bertz CT molecular complexity index is 1580. The Kier molecular flexibility index (Phi) is 11.0. The topological polar surface area (TPSA) is 76.2 Å². The number of ketones is 1. The number of aryl methyl sites for hydroxylation is 1. The number of carbonyl (C=O) groups excluding carboxylic acids is 1. The third-order valence-corrected chi connectivity index (χ3v) is 7.98. The van der Waals surface area contributed by atoms with E-state index in [0.717, 1.165) is 59.0 Å². The van der Waals surface area contributed by atoms with Crippen molar-refractivity contribution in [3.05, 3.63) is 71.6 Å². The summed E-state index contributed by atoms with van der Waals surface area (Å²) in [7, 11) is 0. The Morgan fingerprint density at radius 3 is 2.46 bits per heavy atom. The zero-order valence-corrected chi connectivity index (χ0v) is 26.3. The molecule has 0 atom stereocenters. The van der Waals surface area contributed by atoms with Gasteiger partial charge in [0.05, 0.1) is 16.0 Å². The molecule has 0 spiro atoms. The van der Waals surface area contributed by atoms with Crippen LogP contribution in [0.1, 0.15) is 59.1 Å². The molecule has 4 heterocycles. The molecule has 0 aliphatic rings. The van der Waals surface area contributed by atoms with Gasteiger partial charge in [-0.15, -0.1) is 29.5 Å². The van der Waals surface area contributed by atoms with Gasteiger partial charge in [-0.1, -0.05) is 44.7 Å². The zero-order chi connectivity index (χ0) is 27.2. The van der Waals surface area contributed by atoms with Gasteiger partial charge in [0, 0.05) is 55.3 Å². The molecule has 4 aromatic heterocycles. The van der Waals surface area contributed by atoms with Crippen LogP contribution in [0.2, 0.25) is 0 Å². The van der Waals surface area contributed by atoms with Gasteiger partial charge in [-0.25, -0.2) is 4.98 Å². The number of benzene rings is 1. The quantitative estimate of drug-likeness (QED) is 0.0984. The van der Waals surface area contributed by atoms with Crippen LogP contribution >= 0.6 is 11.3 Å². The van der Waals surface area contributed by atoms with Crippen LogP contribution in [-0.2, 0) is 24.9 Å². The molecule has 5 aromatic rings. The summed E-state index contributed by atoms with van der Waals surface area (Å²) in [6, 6.07) is 15.5. The van der Waals surface area contributed by atoms with Crippen LogP contribution in [0.15, 0.2) is 64.2 Å². The minimum atomic E-state index is 0. The fraction of sp³-hybridized carbons (Fsp3) is 0.344. The van der Waals surface area contributed by atoms with Gasteiger partial charge in [0.2, 0.25) is 5.71 Å². The van der Waals surface area contributed by atoms with Crippen LogP contribution in [0.4, 0.5) is 0 Å². The molecular weight excluding hydrogens is 685 g/mol. The molecule has 207 valence electrons. The van der Waals surface area contributed by atoms with Crippen molar-refractivity contribution < 1.29 is 34.4 Å². The molecular formula is C32H35IrN2O3S-. The number of aliphatic hydroxyl groups excluding tert-OH is 1. The first-order valence-corrected chi connectivity index (χ1v) is 14.3. The van der Waals surface area contributed by atoms with Crippen molar-refractivity contribution in [2.75, 3.05) is 0 Å². The minimum absolute atomic E-state index is 0. The first-order chi connectivity index (χ1) is 18.4. The number of thiophene rings is 1. The molecule has 5 nitrogen and oxygen atoms in total. The van der Waals surface area contributed by atoms with Crippen molar-refractivity contribution in [1.82, 2.24) is 9.97 Å². The fourth-order valence-corrected chi connectivity index (χ4v) is 5.43. The number of aliphatic hydroxyl groups is 1. The van der Waals surface area contributed by atoms with Crippen molar-refractivity contribution in [1.29, 1.82) is 0 Å². The van der Waals surface area contributed by atoms with Gasteiger partial charge in [-0.2, -0.15) is 0 Å². The largest absolute Gasteiger partial charge is 0.512 e. The minimum Gasteiger partial charge on any atom is -0.512 e. The molecule has 1 radical (unpaired) electrons.